The van der Waals surface area contributed by atoms with Crippen molar-refractivity contribution in [3.8, 4) is 36.0 Å². The third-order valence-electron chi connectivity index (χ3n) is 8.91. The number of thiophene rings is 3. The number of hydrogen-bond donors (Lipinski definition) is 1. The lowest BCUT2D eigenvalue weighted by Gasteiger charge is -2.31. The van der Waals surface area contributed by atoms with E-state index in [-0.39, 0.29) is 5.57 Å². The largest absolute Gasteiger partial charge is 0.477 e. The maximum absolute atomic E-state index is 11.2. The van der Waals surface area contributed by atoms with Crippen LogP contribution in [0.1, 0.15) is 43.0 Å². The van der Waals surface area contributed by atoms with E-state index in [1.54, 1.807) is 28.7 Å². The molecule has 5 aromatic rings. The molecule has 4 atom stereocenters. The lowest BCUT2D eigenvalue weighted by Crippen LogP contribution is -2.32. The van der Waals surface area contributed by atoms with Crippen LogP contribution in [0.25, 0.3) is 36.0 Å². The van der Waals surface area contributed by atoms with Crippen LogP contribution in [0.3, 0.4) is 0 Å². The van der Waals surface area contributed by atoms with Gasteiger partial charge in [0.15, 0.2) is 0 Å². The minimum atomic E-state index is -1.21. The Morgan fingerprint density at radius 3 is 2.21 bits per heavy atom. The monoisotopic (exact) mass is 618 g/mol. The number of anilines is 2. The molecule has 1 N–H and O–H groups in total. The van der Waals surface area contributed by atoms with Gasteiger partial charge in [0.2, 0.25) is 0 Å². The Kier molecular flexibility index (Phi) is 7.30. The van der Waals surface area contributed by atoms with Gasteiger partial charge in [-0.05, 0) is 90.1 Å². The third-order valence-corrected chi connectivity index (χ3v) is 12.6. The molecule has 1 aliphatic carbocycles. The summed E-state index contributed by atoms with van der Waals surface area (Å²) in [5.74, 6) is 0.810. The van der Waals surface area contributed by atoms with Crippen LogP contribution < -0.4 is 4.90 Å². The predicted octanol–water partition coefficient (Wildman–Crippen LogP) is 10.5. The zero-order valence-electron chi connectivity index (χ0n) is 23.9. The quantitative estimate of drug-likeness (QED) is 0.146. The smallest absolute Gasteiger partial charge is 0.346 e. The Balaban J connectivity index is 1.12. The first-order chi connectivity index (χ1) is 20.9. The highest BCUT2D eigenvalue weighted by Gasteiger charge is 2.50. The molecule has 1 fully saturated rings. The molecule has 0 radical (unpaired) electrons. The number of carboxylic acids is 1. The first-order valence-corrected chi connectivity index (χ1v) is 17.0. The average molecular weight is 619 g/mol. The van der Waals surface area contributed by atoms with Gasteiger partial charge >= 0.3 is 5.97 Å². The number of aliphatic carboxylic acids is 1. The molecule has 7 rings (SSSR count). The summed E-state index contributed by atoms with van der Waals surface area (Å²) in [7, 11) is 0. The fourth-order valence-corrected chi connectivity index (χ4v) is 10.1. The number of carboxylic acid groups (broad SMARTS) is 1. The second-order valence-corrected chi connectivity index (χ2v) is 14.7. The highest BCUT2D eigenvalue weighted by atomic mass is 32.1. The molecule has 2 aromatic carbocycles. The zero-order chi connectivity index (χ0) is 29.7. The Morgan fingerprint density at radius 2 is 1.53 bits per heavy atom. The van der Waals surface area contributed by atoms with Gasteiger partial charge in [0, 0.05) is 52.6 Å². The van der Waals surface area contributed by atoms with Crippen LogP contribution in [0.5, 0.6) is 0 Å². The predicted molar refractivity (Wildman–Crippen MR) is 180 cm³/mol. The van der Waals surface area contributed by atoms with Crippen LogP contribution in [-0.2, 0) is 4.79 Å². The summed E-state index contributed by atoms with van der Waals surface area (Å²) in [6, 6.07) is 33.0. The van der Waals surface area contributed by atoms with Crippen LogP contribution in [0.4, 0.5) is 11.4 Å². The van der Waals surface area contributed by atoms with Crippen LogP contribution in [0, 0.1) is 23.2 Å². The van der Waals surface area contributed by atoms with E-state index in [4.69, 9.17) is 10.4 Å². The standard InChI is InChI=1S/C36H30N2O2S3/c1-3-22-18-21(2)34-27-6-4-5-7-28(27)38(35(22)34)25-10-8-23(9-11-25)29-14-15-32(42-29)33-17-16-31(43-33)30-13-12-26(41-30)19-24(20-37)36(39)40/h4-17,19,21-22,34-35H,3,18H2,1-2H3,(H,39,40)/b24-19+. The van der Waals surface area contributed by atoms with E-state index in [9.17, 15) is 4.79 Å². The van der Waals surface area contributed by atoms with Crippen molar-refractivity contribution in [1.29, 1.82) is 5.26 Å². The molecule has 0 amide bonds. The van der Waals surface area contributed by atoms with Gasteiger partial charge in [-0.2, -0.15) is 5.26 Å². The van der Waals surface area contributed by atoms with Crippen LogP contribution >= 0.6 is 34.0 Å². The number of nitriles is 1. The van der Waals surface area contributed by atoms with Crippen molar-refractivity contribution in [3.05, 3.63) is 101 Å². The molecule has 1 aliphatic heterocycles. The van der Waals surface area contributed by atoms with Crippen molar-refractivity contribution >= 4 is 57.4 Å². The minimum absolute atomic E-state index is 0.257. The molecule has 1 saturated carbocycles. The van der Waals surface area contributed by atoms with E-state index in [1.807, 2.05) is 12.1 Å². The lowest BCUT2D eigenvalue weighted by molar-refractivity contribution is -0.132. The number of fused-ring (bicyclic) bond motifs is 3. The van der Waals surface area contributed by atoms with Crippen LogP contribution in [0.15, 0.2) is 90.5 Å². The second-order valence-electron chi connectivity index (χ2n) is 11.4. The highest BCUT2D eigenvalue weighted by molar-refractivity contribution is 7.27. The van der Waals surface area contributed by atoms with Gasteiger partial charge in [-0.15, -0.1) is 34.0 Å². The van der Waals surface area contributed by atoms with Crippen molar-refractivity contribution in [3.63, 3.8) is 0 Å². The van der Waals surface area contributed by atoms with Crippen LogP contribution in [-0.4, -0.2) is 17.1 Å². The van der Waals surface area contributed by atoms with Gasteiger partial charge in [0.1, 0.15) is 11.6 Å². The zero-order valence-corrected chi connectivity index (χ0v) is 26.3. The molecule has 4 heterocycles. The van der Waals surface area contributed by atoms with E-state index in [2.05, 4.69) is 91.5 Å². The summed E-state index contributed by atoms with van der Waals surface area (Å²) >= 11 is 5.02. The Morgan fingerprint density at radius 1 is 0.907 bits per heavy atom. The first kappa shape index (κ1) is 27.8. The van der Waals surface area contributed by atoms with E-state index in [0.29, 0.717) is 23.8 Å². The van der Waals surface area contributed by atoms with Crippen LogP contribution in [0.2, 0.25) is 0 Å². The Bertz CT molecular complexity index is 1890. The van der Waals surface area contributed by atoms with Gasteiger partial charge < -0.3 is 10.0 Å². The van der Waals surface area contributed by atoms with Crippen molar-refractivity contribution in [2.24, 2.45) is 11.8 Å². The first-order valence-electron chi connectivity index (χ1n) is 14.6. The van der Waals surface area contributed by atoms with Gasteiger partial charge in [-0.1, -0.05) is 50.6 Å². The summed E-state index contributed by atoms with van der Waals surface area (Å²) in [5.41, 5.74) is 5.15. The van der Waals surface area contributed by atoms with Gasteiger partial charge in [0.25, 0.3) is 0 Å². The highest BCUT2D eigenvalue weighted by Crippen LogP contribution is 2.57. The molecule has 7 heteroatoms. The fourth-order valence-electron chi connectivity index (χ4n) is 6.99. The summed E-state index contributed by atoms with van der Waals surface area (Å²) in [4.78, 5) is 20.4. The topological polar surface area (TPSA) is 64.3 Å². The van der Waals surface area contributed by atoms with Crippen molar-refractivity contribution in [2.75, 3.05) is 4.90 Å². The van der Waals surface area contributed by atoms with Gasteiger partial charge in [-0.3, -0.25) is 0 Å². The van der Waals surface area contributed by atoms with Gasteiger partial charge in [0.05, 0.1) is 0 Å². The second kappa shape index (κ2) is 11.3. The van der Waals surface area contributed by atoms with Crippen molar-refractivity contribution in [1.82, 2.24) is 0 Å². The van der Waals surface area contributed by atoms with E-state index in [1.165, 1.54) is 67.4 Å². The number of para-hydroxylation sites is 1. The summed E-state index contributed by atoms with van der Waals surface area (Å²) in [5, 5.41) is 18.2. The fraction of sp³-hybridized carbons (Fsp3) is 0.222. The summed E-state index contributed by atoms with van der Waals surface area (Å²) < 4.78 is 0. The molecule has 4 unspecified atom stereocenters. The number of benzene rings is 2. The molecule has 4 nitrogen and oxygen atoms in total. The normalized spacial score (nSPS) is 21.0. The number of hydrogen-bond acceptors (Lipinski definition) is 6. The van der Waals surface area contributed by atoms with E-state index in [0.717, 1.165) is 14.6 Å². The summed E-state index contributed by atoms with van der Waals surface area (Å²) in [6.07, 6.45) is 3.95. The van der Waals surface area contributed by atoms with Gasteiger partial charge in [-0.25, -0.2) is 4.79 Å². The molecular formula is C36H30N2O2S3. The Hall–Kier alpha value is -3.96. The van der Waals surface area contributed by atoms with Crippen molar-refractivity contribution in [2.45, 2.75) is 38.6 Å². The van der Waals surface area contributed by atoms with Crippen molar-refractivity contribution < 1.29 is 9.90 Å². The molecule has 214 valence electrons. The average Bonchev–Trinajstić information content (AvgIpc) is 3.84. The molecule has 3 aromatic heterocycles. The van der Waals surface area contributed by atoms with E-state index < -0.39 is 5.97 Å². The molecular weight excluding hydrogens is 589 g/mol. The minimum Gasteiger partial charge on any atom is -0.477 e. The number of rotatable bonds is 7. The maximum Gasteiger partial charge on any atom is 0.346 e. The SMILES string of the molecule is CCC1CC(C)C2c3ccccc3N(c3ccc(-c4ccc(-c5ccc(-c6ccc(/C=C(\C#N)C(=O)O)s6)s5)s4)cc3)C12. The summed E-state index contributed by atoms with van der Waals surface area (Å²) in [6.45, 7) is 4.78. The number of nitrogens with zero attached hydrogens (tertiary/aromatic N) is 2. The molecule has 2 aliphatic rings. The molecule has 43 heavy (non-hydrogen) atoms. The maximum atomic E-state index is 11.2. The Labute approximate surface area is 263 Å². The molecule has 0 saturated heterocycles. The lowest BCUT2D eigenvalue weighted by atomic mass is 9.89. The number of carbonyl (C=O) groups is 1. The third kappa shape index (κ3) is 4.94. The molecule has 0 bridgehead atoms. The van der Waals surface area contributed by atoms with E-state index >= 15 is 0 Å². The molecule has 0 spiro atoms.